The van der Waals surface area contributed by atoms with E-state index in [4.69, 9.17) is 28.7 Å². The average Bonchev–Trinajstić information content (AvgIpc) is 4.15. The van der Waals surface area contributed by atoms with Gasteiger partial charge in [0.2, 0.25) is 27.7 Å². The highest BCUT2D eigenvalue weighted by Gasteiger charge is 2.63. The van der Waals surface area contributed by atoms with Gasteiger partial charge in [0.05, 0.1) is 54.3 Å². The maximum atomic E-state index is 15.1. The number of ether oxygens (including phenoxy) is 5. The van der Waals surface area contributed by atoms with Crippen LogP contribution in [0.15, 0.2) is 54.7 Å². The topological polar surface area (TPSA) is 214 Å². The molecule has 4 amide bonds. The minimum Gasteiger partial charge on any atom is -0.497 e. The van der Waals surface area contributed by atoms with E-state index in [0.717, 1.165) is 13.8 Å². The van der Waals surface area contributed by atoms with Crippen LogP contribution in [-0.4, -0.2) is 120 Å². The fraction of sp³-hybridized carbons (Fsp3) is 0.574. The number of nitrogens with one attached hydrogen (secondary N) is 3. The standard InChI is InChI=1S/C47H60F2N6O11S/c1-9-37-38(52-44(59)66-45(5,6)42(48)49)41(57)55-25-32(65-40-33-16-14-30(62-8)20-28(33)21-35(51-40)34-17-15-31(24-50-34)63-26(2)3)22-36(55)39(56)53-47(23-29(47)13-11-10-12-27(4)64-37)43(58)54-67(60,61)46(7)18-19-46/h11,13-17,20-21,24,26-27,29,32,36-38,42H,9-10,12,18-19,22-23,25H2,1-8H3,(H,52,59)(H,53,56)(H,54,58)/t27-,29-,32-,36+,37+,38+,47-/m1/s1. The molecule has 0 radical (unpaired) electrons. The van der Waals surface area contributed by atoms with Crippen molar-refractivity contribution >= 4 is 44.6 Å². The Morgan fingerprint density at radius 1 is 1.09 bits per heavy atom. The number of fused-ring (bicyclic) bond motifs is 3. The number of amides is 4. The van der Waals surface area contributed by atoms with Gasteiger partial charge in [-0.3, -0.25) is 24.1 Å². The third kappa shape index (κ3) is 10.7. The number of pyridine rings is 2. The third-order valence-electron chi connectivity index (χ3n) is 12.8. The van der Waals surface area contributed by atoms with Crippen molar-refractivity contribution in [3.05, 3.63) is 54.7 Å². The molecule has 3 fully saturated rings. The summed E-state index contributed by atoms with van der Waals surface area (Å²) in [5.41, 5.74) is -2.98. The zero-order valence-corrected chi connectivity index (χ0v) is 39.8. The van der Waals surface area contributed by atoms with E-state index < -0.39 is 92.5 Å². The van der Waals surface area contributed by atoms with Gasteiger partial charge in [-0.1, -0.05) is 19.1 Å². The molecule has 7 atom stereocenters. The molecule has 2 aliphatic carbocycles. The van der Waals surface area contributed by atoms with Crippen LogP contribution in [0.1, 0.15) is 93.4 Å². The van der Waals surface area contributed by atoms with Crippen LogP contribution in [0.2, 0.25) is 0 Å². The summed E-state index contributed by atoms with van der Waals surface area (Å²) in [6.45, 7) is 10.7. The molecule has 2 aliphatic heterocycles. The number of alkyl carbamates (subject to hydrolysis) is 1. The van der Waals surface area contributed by atoms with E-state index >= 15 is 4.79 Å². The van der Waals surface area contributed by atoms with Crippen molar-refractivity contribution in [1.82, 2.24) is 30.2 Å². The second kappa shape index (κ2) is 19.2. The molecule has 17 nitrogen and oxygen atoms in total. The number of nitrogens with zero attached hydrogens (tertiary/aromatic N) is 3. The molecular formula is C47H60F2N6O11S. The van der Waals surface area contributed by atoms with Gasteiger partial charge < -0.3 is 39.2 Å². The first-order chi connectivity index (χ1) is 31.6. The van der Waals surface area contributed by atoms with Crippen molar-refractivity contribution in [2.75, 3.05) is 13.7 Å². The zero-order chi connectivity index (χ0) is 48.6. The van der Waals surface area contributed by atoms with Crippen molar-refractivity contribution in [3.63, 3.8) is 0 Å². The fourth-order valence-electron chi connectivity index (χ4n) is 8.33. The molecule has 0 spiro atoms. The van der Waals surface area contributed by atoms with Gasteiger partial charge in [0, 0.05) is 17.7 Å². The molecule has 0 unspecified atom stereocenters. The van der Waals surface area contributed by atoms with Crippen LogP contribution in [0.4, 0.5) is 13.6 Å². The number of halogens is 2. The summed E-state index contributed by atoms with van der Waals surface area (Å²) >= 11 is 0. The smallest absolute Gasteiger partial charge is 0.408 e. The van der Waals surface area contributed by atoms with Crippen molar-refractivity contribution in [2.45, 2.75) is 152 Å². The highest BCUT2D eigenvalue weighted by Crippen LogP contribution is 2.48. The lowest BCUT2D eigenvalue weighted by molar-refractivity contribution is -0.145. The minimum absolute atomic E-state index is 0.0766. The largest absolute Gasteiger partial charge is 0.497 e. The number of hydrogen-bond donors (Lipinski definition) is 3. The molecule has 3 N–H and O–H groups in total. The van der Waals surface area contributed by atoms with Crippen LogP contribution < -0.4 is 29.6 Å². The number of rotatable bonds is 13. The Morgan fingerprint density at radius 3 is 2.46 bits per heavy atom. The van der Waals surface area contributed by atoms with Gasteiger partial charge in [-0.15, -0.1) is 0 Å². The normalized spacial score (nSPS) is 26.4. The van der Waals surface area contributed by atoms with Crippen LogP contribution in [-0.2, 0) is 33.9 Å². The molecule has 1 saturated heterocycles. The van der Waals surface area contributed by atoms with Gasteiger partial charge in [0.25, 0.3) is 12.3 Å². The first-order valence-corrected chi connectivity index (χ1v) is 24.1. The van der Waals surface area contributed by atoms with Crippen molar-refractivity contribution in [2.24, 2.45) is 5.92 Å². The molecule has 3 aromatic rings. The van der Waals surface area contributed by atoms with Crippen molar-refractivity contribution in [3.8, 4) is 28.8 Å². The highest BCUT2D eigenvalue weighted by atomic mass is 32.2. The first kappa shape index (κ1) is 49.3. The Hall–Kier alpha value is -5.63. The number of carbonyl (C=O) groups is 4. The van der Waals surface area contributed by atoms with Crippen LogP contribution >= 0.6 is 0 Å². The predicted octanol–water partition coefficient (Wildman–Crippen LogP) is 5.99. The second-order valence-corrected chi connectivity index (χ2v) is 21.1. The molecule has 364 valence electrons. The Labute approximate surface area is 389 Å². The molecule has 67 heavy (non-hydrogen) atoms. The van der Waals surface area contributed by atoms with Crippen molar-refractivity contribution < 1.29 is 60.1 Å². The summed E-state index contributed by atoms with van der Waals surface area (Å²) in [7, 11) is -2.57. The Balaban J connectivity index is 1.27. The molecule has 7 rings (SSSR count). The lowest BCUT2D eigenvalue weighted by Gasteiger charge is -2.34. The molecule has 20 heteroatoms. The SMILES string of the molecule is CC[C@@H]1O[C@H](C)CCC=C[C@@H]2C[C@@]2(C(=O)NS(=O)(=O)C2(C)CC2)NC(=O)[C@@H]2C[C@@H](Oc3nc(-c4ccc(OC(C)C)cn4)cc4cc(OC)ccc34)CN2C(=O)[C@H]1NC(=O)OC(C)(C)C(F)F. The predicted molar refractivity (Wildman–Crippen MR) is 242 cm³/mol. The van der Waals surface area contributed by atoms with Crippen LogP contribution in [0.5, 0.6) is 17.4 Å². The quantitative estimate of drug-likeness (QED) is 0.168. The minimum atomic E-state index is -4.11. The third-order valence-corrected chi connectivity index (χ3v) is 15.0. The van der Waals surface area contributed by atoms with E-state index in [1.54, 1.807) is 63.4 Å². The number of carbonyl (C=O) groups excluding carboxylic acids is 4. The van der Waals surface area contributed by atoms with E-state index in [1.807, 2.05) is 26.0 Å². The average molecular weight is 955 g/mol. The van der Waals surface area contributed by atoms with Crippen molar-refractivity contribution in [1.29, 1.82) is 0 Å². The maximum Gasteiger partial charge on any atom is 0.408 e. The summed E-state index contributed by atoms with van der Waals surface area (Å²) in [5.74, 6) is -1.84. The number of benzene rings is 1. The summed E-state index contributed by atoms with van der Waals surface area (Å²) in [6.07, 6.45) is -0.0168. The molecule has 1 aromatic carbocycles. The Morgan fingerprint density at radius 2 is 1.82 bits per heavy atom. The van der Waals surface area contributed by atoms with Gasteiger partial charge in [0.15, 0.2) is 5.60 Å². The number of aromatic nitrogens is 2. The summed E-state index contributed by atoms with van der Waals surface area (Å²) in [6, 6.07) is 7.70. The van der Waals surface area contributed by atoms with E-state index in [2.05, 4.69) is 20.3 Å². The lowest BCUT2D eigenvalue weighted by atomic mass is 10.0. The lowest BCUT2D eigenvalue weighted by Crippen LogP contribution is -2.61. The molecule has 0 bridgehead atoms. The van der Waals surface area contributed by atoms with Gasteiger partial charge in [0.1, 0.15) is 35.2 Å². The zero-order valence-electron chi connectivity index (χ0n) is 39.0. The van der Waals surface area contributed by atoms with E-state index in [-0.39, 0.29) is 37.8 Å². The van der Waals surface area contributed by atoms with E-state index in [9.17, 15) is 31.6 Å². The maximum absolute atomic E-state index is 15.1. The molecule has 2 saturated carbocycles. The van der Waals surface area contributed by atoms with E-state index in [0.29, 0.717) is 59.3 Å². The van der Waals surface area contributed by atoms with Gasteiger partial charge in [-0.2, -0.15) is 0 Å². The number of alkyl halides is 2. The number of allylic oxidation sites excluding steroid dienone is 1. The fourth-order valence-corrected chi connectivity index (χ4v) is 9.64. The summed E-state index contributed by atoms with van der Waals surface area (Å²) in [5, 5.41) is 6.56. The van der Waals surface area contributed by atoms with Gasteiger partial charge in [-0.25, -0.2) is 27.0 Å². The van der Waals surface area contributed by atoms with Gasteiger partial charge in [-0.05, 0) is 122 Å². The molecule has 4 aliphatic rings. The van der Waals surface area contributed by atoms with Crippen LogP contribution in [0, 0.1) is 5.92 Å². The highest BCUT2D eigenvalue weighted by molar-refractivity contribution is 7.91. The number of sulfonamides is 1. The molecule has 4 heterocycles. The monoisotopic (exact) mass is 954 g/mol. The Kier molecular flexibility index (Phi) is 14.1. The molecule has 2 aromatic heterocycles. The summed E-state index contributed by atoms with van der Waals surface area (Å²) in [4.78, 5) is 68.1. The Bertz CT molecular complexity index is 2500. The number of methoxy groups -OCH3 is 1. The first-order valence-electron chi connectivity index (χ1n) is 22.7. The molecular weight excluding hydrogens is 895 g/mol. The van der Waals surface area contributed by atoms with E-state index in [1.165, 1.54) is 12.0 Å². The van der Waals surface area contributed by atoms with Gasteiger partial charge >= 0.3 is 6.09 Å². The second-order valence-electron chi connectivity index (χ2n) is 18.9. The summed E-state index contributed by atoms with van der Waals surface area (Å²) < 4.78 is 85.1. The number of hydrogen-bond acceptors (Lipinski definition) is 13. The van der Waals surface area contributed by atoms with Crippen LogP contribution in [0.3, 0.4) is 0 Å². The van der Waals surface area contributed by atoms with Crippen LogP contribution in [0.25, 0.3) is 22.2 Å².